The summed E-state index contributed by atoms with van der Waals surface area (Å²) in [6.45, 7) is 3.22. The maximum Gasteiger partial charge on any atom is 0.251 e. The molecule has 0 spiro atoms. The van der Waals surface area contributed by atoms with E-state index in [0.29, 0.717) is 13.1 Å². The topological polar surface area (TPSA) is 55.6 Å². The van der Waals surface area contributed by atoms with Crippen LogP contribution in [0.15, 0.2) is 24.3 Å². The van der Waals surface area contributed by atoms with Crippen molar-refractivity contribution in [1.82, 2.24) is 4.90 Å². The molecule has 0 saturated carbocycles. The molecule has 4 atom stereocenters. The molecule has 120 valence electrons. The van der Waals surface area contributed by atoms with Gasteiger partial charge in [-0.1, -0.05) is 12.1 Å². The fourth-order valence-electron chi connectivity index (χ4n) is 3.56. The second-order valence-corrected chi connectivity index (χ2v) is 6.38. The molecule has 2 aliphatic heterocycles. The number of rotatable bonds is 3. The van der Waals surface area contributed by atoms with Crippen LogP contribution >= 0.6 is 0 Å². The first-order valence-electron chi connectivity index (χ1n) is 8.00. The van der Waals surface area contributed by atoms with Gasteiger partial charge in [-0.05, 0) is 43.9 Å². The van der Waals surface area contributed by atoms with Gasteiger partial charge in [-0.25, -0.2) is 4.39 Å². The van der Waals surface area contributed by atoms with Crippen molar-refractivity contribution in [2.24, 2.45) is 5.73 Å². The molecule has 2 N–H and O–H groups in total. The minimum Gasteiger partial charge on any atom is -0.364 e. The van der Waals surface area contributed by atoms with Crippen LogP contribution < -0.4 is 5.73 Å². The second kappa shape index (κ2) is 6.34. The predicted octanol–water partition coefficient (Wildman–Crippen LogP) is 2.04. The Morgan fingerprint density at radius 1 is 1.36 bits per heavy atom. The van der Waals surface area contributed by atoms with E-state index < -0.39 is 0 Å². The molecule has 4 nitrogen and oxygen atoms in total. The molecule has 1 amide bonds. The molecule has 1 aromatic carbocycles. The third-order valence-corrected chi connectivity index (χ3v) is 4.85. The lowest BCUT2D eigenvalue weighted by Crippen LogP contribution is -2.41. The van der Waals surface area contributed by atoms with Gasteiger partial charge < -0.3 is 15.4 Å². The van der Waals surface area contributed by atoms with Crippen molar-refractivity contribution in [2.45, 2.75) is 50.4 Å². The lowest BCUT2D eigenvalue weighted by atomic mass is 9.97. The standard InChI is InChI=1S/C17H23FN2O2/c1-11-8-13(12-2-4-14(18)5-3-12)10-20(11)17(21)16-7-6-15(9-19)22-16/h2-5,11,13,15-16H,6-10,19H2,1H3/t11?,13?,15-,16+/m1/s1. The number of nitrogens with zero attached hydrogens (tertiary/aromatic N) is 1. The number of nitrogens with two attached hydrogens (primary N) is 1. The zero-order valence-corrected chi connectivity index (χ0v) is 12.9. The van der Waals surface area contributed by atoms with Gasteiger partial charge in [-0.3, -0.25) is 4.79 Å². The number of carbonyl (C=O) groups excluding carboxylic acids is 1. The Morgan fingerprint density at radius 3 is 2.73 bits per heavy atom. The lowest BCUT2D eigenvalue weighted by Gasteiger charge is -2.25. The summed E-state index contributed by atoms with van der Waals surface area (Å²) in [4.78, 5) is 14.6. The average molecular weight is 306 g/mol. The number of likely N-dealkylation sites (tertiary alicyclic amines) is 1. The molecule has 2 aliphatic rings. The first-order chi connectivity index (χ1) is 10.6. The molecule has 0 bridgehead atoms. The smallest absolute Gasteiger partial charge is 0.251 e. The molecule has 2 heterocycles. The molecule has 1 aromatic rings. The summed E-state index contributed by atoms with van der Waals surface area (Å²) in [6, 6.07) is 6.78. The zero-order chi connectivity index (χ0) is 15.7. The Hall–Kier alpha value is -1.46. The average Bonchev–Trinajstić information content (AvgIpc) is 3.14. The minimum atomic E-state index is -0.344. The van der Waals surface area contributed by atoms with E-state index in [0.717, 1.165) is 24.8 Å². The number of benzene rings is 1. The predicted molar refractivity (Wildman–Crippen MR) is 81.9 cm³/mol. The van der Waals surface area contributed by atoms with Crippen molar-refractivity contribution >= 4 is 5.91 Å². The van der Waals surface area contributed by atoms with Gasteiger partial charge in [0.05, 0.1) is 6.10 Å². The van der Waals surface area contributed by atoms with Crippen molar-refractivity contribution < 1.29 is 13.9 Å². The molecule has 5 heteroatoms. The molecule has 0 aromatic heterocycles. The first-order valence-corrected chi connectivity index (χ1v) is 8.00. The number of carbonyl (C=O) groups is 1. The van der Waals surface area contributed by atoms with E-state index in [1.807, 2.05) is 17.0 Å². The largest absolute Gasteiger partial charge is 0.364 e. The zero-order valence-electron chi connectivity index (χ0n) is 12.9. The van der Waals surface area contributed by atoms with E-state index in [1.165, 1.54) is 12.1 Å². The summed E-state index contributed by atoms with van der Waals surface area (Å²) in [6.07, 6.45) is 2.19. The van der Waals surface area contributed by atoms with Gasteiger partial charge in [0.15, 0.2) is 0 Å². The normalized spacial score (nSPS) is 31.7. The summed E-state index contributed by atoms with van der Waals surface area (Å²) in [5, 5.41) is 0. The summed E-state index contributed by atoms with van der Waals surface area (Å²) in [7, 11) is 0. The summed E-state index contributed by atoms with van der Waals surface area (Å²) in [5.41, 5.74) is 6.70. The van der Waals surface area contributed by atoms with E-state index in [2.05, 4.69) is 6.92 Å². The monoisotopic (exact) mass is 306 g/mol. The molecule has 2 fully saturated rings. The van der Waals surface area contributed by atoms with Crippen molar-refractivity contribution in [1.29, 1.82) is 0 Å². The van der Waals surface area contributed by atoms with Gasteiger partial charge in [0.25, 0.3) is 5.91 Å². The van der Waals surface area contributed by atoms with Gasteiger partial charge >= 0.3 is 0 Å². The molecule has 0 aliphatic carbocycles. The Bertz CT molecular complexity index is 534. The molecule has 3 rings (SSSR count). The van der Waals surface area contributed by atoms with Crippen molar-refractivity contribution in [3.05, 3.63) is 35.6 Å². The first kappa shape index (κ1) is 15.4. The van der Waals surface area contributed by atoms with E-state index in [-0.39, 0.29) is 35.9 Å². The maximum absolute atomic E-state index is 13.0. The highest BCUT2D eigenvalue weighted by Crippen LogP contribution is 2.33. The number of hydrogen-bond acceptors (Lipinski definition) is 3. The van der Waals surface area contributed by atoms with Crippen LogP contribution in [0.2, 0.25) is 0 Å². The highest BCUT2D eigenvalue weighted by atomic mass is 19.1. The number of hydrogen-bond donors (Lipinski definition) is 1. The van der Waals surface area contributed by atoms with E-state index in [1.54, 1.807) is 0 Å². The van der Waals surface area contributed by atoms with Crippen LogP contribution in [-0.4, -0.2) is 42.1 Å². The van der Waals surface area contributed by atoms with Crippen LogP contribution in [0.4, 0.5) is 4.39 Å². The third-order valence-electron chi connectivity index (χ3n) is 4.85. The molecule has 0 radical (unpaired) electrons. The van der Waals surface area contributed by atoms with Crippen LogP contribution in [0.3, 0.4) is 0 Å². The molecular formula is C17H23FN2O2. The summed E-state index contributed by atoms with van der Waals surface area (Å²) >= 11 is 0. The maximum atomic E-state index is 13.0. The fraction of sp³-hybridized carbons (Fsp3) is 0.588. The molecular weight excluding hydrogens is 283 g/mol. The van der Waals surface area contributed by atoms with Crippen LogP contribution in [0, 0.1) is 5.82 Å². The van der Waals surface area contributed by atoms with Crippen LogP contribution in [0.25, 0.3) is 0 Å². The third kappa shape index (κ3) is 3.01. The van der Waals surface area contributed by atoms with E-state index in [9.17, 15) is 9.18 Å². The van der Waals surface area contributed by atoms with Crippen molar-refractivity contribution in [3.63, 3.8) is 0 Å². The van der Waals surface area contributed by atoms with Gasteiger partial charge in [0, 0.05) is 25.0 Å². The van der Waals surface area contributed by atoms with Crippen LogP contribution in [0.5, 0.6) is 0 Å². The Kier molecular flexibility index (Phi) is 4.45. The fourth-order valence-corrected chi connectivity index (χ4v) is 3.56. The molecule has 2 unspecified atom stereocenters. The minimum absolute atomic E-state index is 0.0137. The Morgan fingerprint density at radius 2 is 2.09 bits per heavy atom. The van der Waals surface area contributed by atoms with Crippen molar-refractivity contribution in [3.8, 4) is 0 Å². The van der Waals surface area contributed by atoms with Gasteiger partial charge in [0.1, 0.15) is 11.9 Å². The van der Waals surface area contributed by atoms with Gasteiger partial charge in [-0.2, -0.15) is 0 Å². The van der Waals surface area contributed by atoms with Crippen molar-refractivity contribution in [2.75, 3.05) is 13.1 Å². The van der Waals surface area contributed by atoms with E-state index >= 15 is 0 Å². The van der Waals surface area contributed by atoms with Crippen LogP contribution in [-0.2, 0) is 9.53 Å². The SMILES string of the molecule is CC1CC(c2ccc(F)cc2)CN1C(=O)[C@@H]1CC[C@H](CN)O1. The highest BCUT2D eigenvalue weighted by Gasteiger charge is 2.39. The summed E-state index contributed by atoms with van der Waals surface area (Å²) in [5.74, 6) is 0.120. The highest BCUT2D eigenvalue weighted by molar-refractivity contribution is 5.82. The van der Waals surface area contributed by atoms with Crippen LogP contribution in [0.1, 0.15) is 37.7 Å². The Labute approximate surface area is 130 Å². The summed E-state index contributed by atoms with van der Waals surface area (Å²) < 4.78 is 18.8. The number of halogens is 1. The van der Waals surface area contributed by atoms with E-state index in [4.69, 9.17) is 10.5 Å². The molecule has 22 heavy (non-hydrogen) atoms. The van der Waals surface area contributed by atoms with Gasteiger partial charge in [0.2, 0.25) is 0 Å². The van der Waals surface area contributed by atoms with Gasteiger partial charge in [-0.15, -0.1) is 0 Å². The quantitative estimate of drug-likeness (QED) is 0.930. The lowest BCUT2D eigenvalue weighted by molar-refractivity contribution is -0.143. The molecule has 2 saturated heterocycles. The number of amides is 1. The second-order valence-electron chi connectivity index (χ2n) is 6.38. The number of ether oxygens (including phenoxy) is 1. The Balaban J connectivity index is 1.65.